The smallest absolute Gasteiger partial charge is 0.164 e. The van der Waals surface area contributed by atoms with E-state index >= 15 is 0 Å². The Labute approximate surface area is 297 Å². The molecule has 0 saturated carbocycles. The van der Waals surface area contributed by atoms with E-state index in [-0.39, 0.29) is 0 Å². The van der Waals surface area contributed by atoms with E-state index in [1.165, 1.54) is 10.8 Å². The minimum atomic E-state index is 0.568. The van der Waals surface area contributed by atoms with E-state index in [0.717, 1.165) is 82.5 Å². The van der Waals surface area contributed by atoms with Gasteiger partial charge in [-0.2, -0.15) is 0 Å². The maximum atomic E-state index is 6.80. The van der Waals surface area contributed by atoms with E-state index < -0.39 is 0 Å². The fourth-order valence-corrected chi connectivity index (χ4v) is 7.54. The number of benzene rings is 8. The second-order valence-electron chi connectivity index (χ2n) is 13.2. The van der Waals surface area contributed by atoms with Crippen LogP contribution in [0.2, 0.25) is 0 Å². The summed E-state index contributed by atoms with van der Waals surface area (Å²) in [5, 5.41) is 8.63. The highest BCUT2D eigenvalue weighted by molar-refractivity contribution is 6.21. The number of fused-ring (bicyclic) bond motifs is 9. The average Bonchev–Trinajstić information content (AvgIpc) is 3.79. The van der Waals surface area contributed by atoms with E-state index in [1.54, 1.807) is 0 Å². The molecule has 11 aromatic rings. The molecule has 0 spiro atoms. The summed E-state index contributed by atoms with van der Waals surface area (Å²) >= 11 is 0. The van der Waals surface area contributed by atoms with Gasteiger partial charge in [-0.15, -0.1) is 0 Å². The van der Waals surface area contributed by atoms with E-state index in [0.29, 0.717) is 17.5 Å². The van der Waals surface area contributed by atoms with Crippen LogP contribution in [0.1, 0.15) is 0 Å². The van der Waals surface area contributed by atoms with E-state index in [9.17, 15) is 0 Å². The second-order valence-corrected chi connectivity index (χ2v) is 13.2. The van der Waals surface area contributed by atoms with Gasteiger partial charge in [0.05, 0.1) is 0 Å². The maximum absolute atomic E-state index is 6.80. The van der Waals surface area contributed by atoms with Crippen molar-refractivity contribution in [3.8, 4) is 45.3 Å². The number of nitrogens with zero attached hydrogens (tertiary/aromatic N) is 3. The molecule has 0 atom stereocenters. The first-order chi connectivity index (χ1) is 25.7. The molecule has 0 bridgehead atoms. The van der Waals surface area contributed by atoms with Crippen LogP contribution >= 0.6 is 0 Å². The van der Waals surface area contributed by atoms with Crippen molar-refractivity contribution in [3.63, 3.8) is 0 Å². The Kier molecular flexibility index (Phi) is 6.18. The summed E-state index contributed by atoms with van der Waals surface area (Å²) in [7, 11) is 0. The third-order valence-corrected chi connectivity index (χ3v) is 10.1. The lowest BCUT2D eigenvalue weighted by molar-refractivity contribution is 0.669. The van der Waals surface area contributed by atoms with Gasteiger partial charge >= 0.3 is 0 Å². The minimum absolute atomic E-state index is 0.568. The molecule has 0 fully saturated rings. The molecule has 0 aliphatic rings. The molecule has 11 rings (SSSR count). The van der Waals surface area contributed by atoms with Crippen molar-refractivity contribution >= 4 is 65.4 Å². The Hall–Kier alpha value is -7.11. The molecule has 0 saturated heterocycles. The number of rotatable bonds is 4. The average molecular weight is 666 g/mol. The van der Waals surface area contributed by atoms with Crippen LogP contribution in [-0.4, -0.2) is 15.0 Å². The Morgan fingerprint density at radius 1 is 0.327 bits per heavy atom. The van der Waals surface area contributed by atoms with Gasteiger partial charge < -0.3 is 8.83 Å². The molecule has 3 aromatic heterocycles. The lowest BCUT2D eigenvalue weighted by atomic mass is 9.97. The zero-order valence-electron chi connectivity index (χ0n) is 27.7. The topological polar surface area (TPSA) is 65.0 Å². The summed E-state index contributed by atoms with van der Waals surface area (Å²) in [4.78, 5) is 15.4. The SMILES string of the molecule is c1ccc(-c2nc(-c3ccc4c(c3)oc3ccccc34)nc(-c3cc4ccccc4c4oc5cc(-c6ccc7ccccc7c6)ccc5c34)n2)cc1. The highest BCUT2D eigenvalue weighted by atomic mass is 16.3. The van der Waals surface area contributed by atoms with Gasteiger partial charge in [-0.05, 0) is 69.8 Å². The quantitative estimate of drug-likeness (QED) is 0.187. The highest BCUT2D eigenvalue weighted by Crippen LogP contribution is 2.42. The van der Waals surface area contributed by atoms with Gasteiger partial charge in [-0.1, -0.05) is 121 Å². The van der Waals surface area contributed by atoms with Crippen LogP contribution in [0.3, 0.4) is 0 Å². The van der Waals surface area contributed by atoms with E-state index in [4.69, 9.17) is 23.8 Å². The standard InChI is InChI=1S/C47H27N3O2/c1-2-11-29(12-3-1)45-48-46(34-21-22-37-36-16-8-9-17-40(36)51-41(37)27-34)50-47(49-45)39-25-33-14-6-7-15-35(33)44-43(39)38-23-20-32(26-42(38)52-44)31-19-18-28-10-4-5-13-30(28)24-31/h1-27H. The monoisotopic (exact) mass is 665 g/mol. The molecule has 8 aromatic carbocycles. The van der Waals surface area contributed by atoms with Crippen LogP contribution in [0.15, 0.2) is 173 Å². The van der Waals surface area contributed by atoms with Crippen LogP contribution in [0.4, 0.5) is 0 Å². The Morgan fingerprint density at radius 2 is 0.923 bits per heavy atom. The molecule has 5 nitrogen and oxygen atoms in total. The van der Waals surface area contributed by atoms with Crippen LogP contribution in [0.25, 0.3) is 111 Å². The predicted octanol–water partition coefficient (Wildman–Crippen LogP) is 12.6. The third-order valence-electron chi connectivity index (χ3n) is 10.1. The van der Waals surface area contributed by atoms with Gasteiger partial charge in [0, 0.05) is 43.6 Å². The predicted molar refractivity (Wildman–Crippen MR) is 211 cm³/mol. The summed E-state index contributed by atoms with van der Waals surface area (Å²) in [6.07, 6.45) is 0. The van der Waals surface area contributed by atoms with E-state index in [1.807, 2.05) is 54.6 Å². The number of furan rings is 2. The summed E-state index contributed by atoms with van der Waals surface area (Å²) in [6.45, 7) is 0. The maximum Gasteiger partial charge on any atom is 0.164 e. The first-order valence-electron chi connectivity index (χ1n) is 17.3. The van der Waals surface area contributed by atoms with Crippen molar-refractivity contribution in [1.29, 1.82) is 0 Å². The third kappa shape index (κ3) is 4.53. The van der Waals surface area contributed by atoms with Crippen LogP contribution in [-0.2, 0) is 0 Å². The van der Waals surface area contributed by atoms with Crippen molar-refractivity contribution in [2.24, 2.45) is 0 Å². The van der Waals surface area contributed by atoms with Crippen LogP contribution < -0.4 is 0 Å². The molecule has 5 heteroatoms. The molecule has 3 heterocycles. The zero-order chi connectivity index (χ0) is 34.2. The Morgan fingerprint density at radius 3 is 1.81 bits per heavy atom. The van der Waals surface area contributed by atoms with Crippen LogP contribution in [0, 0.1) is 0 Å². The lowest BCUT2D eigenvalue weighted by Crippen LogP contribution is -2.00. The van der Waals surface area contributed by atoms with Crippen molar-refractivity contribution in [2.75, 3.05) is 0 Å². The molecular weight excluding hydrogens is 639 g/mol. The van der Waals surface area contributed by atoms with Crippen molar-refractivity contribution in [3.05, 3.63) is 164 Å². The minimum Gasteiger partial charge on any atom is -0.456 e. The first kappa shape index (κ1) is 28.7. The number of hydrogen-bond donors (Lipinski definition) is 0. The summed E-state index contributed by atoms with van der Waals surface area (Å²) < 4.78 is 13.1. The highest BCUT2D eigenvalue weighted by Gasteiger charge is 2.21. The second kappa shape index (κ2) is 11.2. The number of aromatic nitrogens is 3. The van der Waals surface area contributed by atoms with Gasteiger partial charge in [0.15, 0.2) is 17.5 Å². The fraction of sp³-hybridized carbons (Fsp3) is 0. The fourth-order valence-electron chi connectivity index (χ4n) is 7.54. The summed E-state index contributed by atoms with van der Waals surface area (Å²) in [6, 6.07) is 56.4. The van der Waals surface area contributed by atoms with Gasteiger partial charge in [0.25, 0.3) is 0 Å². The molecule has 0 unspecified atom stereocenters. The molecule has 0 N–H and O–H groups in total. The Bertz CT molecular complexity index is 3190. The van der Waals surface area contributed by atoms with E-state index in [2.05, 4.69) is 109 Å². The van der Waals surface area contributed by atoms with Crippen molar-refractivity contribution in [1.82, 2.24) is 15.0 Å². The van der Waals surface area contributed by atoms with Crippen LogP contribution in [0.5, 0.6) is 0 Å². The molecule has 52 heavy (non-hydrogen) atoms. The molecule has 0 amide bonds. The summed E-state index contributed by atoms with van der Waals surface area (Å²) in [5.74, 6) is 1.74. The van der Waals surface area contributed by atoms with Crippen molar-refractivity contribution in [2.45, 2.75) is 0 Å². The van der Waals surface area contributed by atoms with Crippen molar-refractivity contribution < 1.29 is 8.83 Å². The lowest BCUT2D eigenvalue weighted by Gasteiger charge is -2.10. The van der Waals surface area contributed by atoms with Gasteiger partial charge in [-0.3, -0.25) is 0 Å². The molecule has 0 aliphatic heterocycles. The molecule has 0 aliphatic carbocycles. The van der Waals surface area contributed by atoms with Gasteiger partial charge in [0.1, 0.15) is 22.3 Å². The normalized spacial score (nSPS) is 11.8. The molecule has 242 valence electrons. The number of hydrogen-bond acceptors (Lipinski definition) is 5. The largest absolute Gasteiger partial charge is 0.456 e. The van der Waals surface area contributed by atoms with Gasteiger partial charge in [-0.25, -0.2) is 15.0 Å². The molecule has 0 radical (unpaired) electrons. The molecular formula is C47H27N3O2. The number of para-hydroxylation sites is 1. The first-order valence-corrected chi connectivity index (χ1v) is 17.3. The zero-order valence-corrected chi connectivity index (χ0v) is 27.7. The van der Waals surface area contributed by atoms with Gasteiger partial charge in [0.2, 0.25) is 0 Å². The Balaban J connectivity index is 1.15. The summed E-state index contributed by atoms with van der Waals surface area (Å²) in [5.41, 5.74) is 8.14.